The number of rotatable bonds is 5. The molecule has 0 radical (unpaired) electrons. The second-order valence-corrected chi connectivity index (χ2v) is 5.13. The third-order valence-corrected chi connectivity index (χ3v) is 3.21. The van der Waals surface area contributed by atoms with Gasteiger partial charge in [0, 0.05) is 5.02 Å². The van der Waals surface area contributed by atoms with Gasteiger partial charge in [-0.05, 0) is 31.5 Å². The number of halogens is 1. The van der Waals surface area contributed by atoms with Crippen molar-refractivity contribution >= 4 is 23.5 Å². The van der Waals surface area contributed by atoms with Crippen molar-refractivity contribution in [3.8, 4) is 5.75 Å². The molecule has 0 saturated heterocycles. The van der Waals surface area contributed by atoms with E-state index in [1.165, 1.54) is 25.3 Å². The average molecular weight is 300 g/mol. The van der Waals surface area contributed by atoms with Crippen LogP contribution in [-0.4, -0.2) is 29.6 Å². The summed E-state index contributed by atoms with van der Waals surface area (Å²) in [5, 5.41) is 12.7. The number of esters is 1. The molecule has 6 heteroatoms. The van der Waals surface area contributed by atoms with Gasteiger partial charge in [0.2, 0.25) is 0 Å². The fourth-order valence-corrected chi connectivity index (χ4v) is 2.12. The zero-order valence-corrected chi connectivity index (χ0v) is 12.5. The van der Waals surface area contributed by atoms with Crippen LogP contribution < -0.4 is 5.32 Å². The standard InChI is InChI=1S/C14H18ClNO4/c1-4-7-14(2,13(19)20-3)16-12(18)10-6-5-9(15)8-11(10)17/h5-6,8,17H,4,7H2,1-3H3,(H,16,18). The molecule has 0 aliphatic carbocycles. The number of amides is 1. The molecule has 110 valence electrons. The predicted molar refractivity (Wildman–Crippen MR) is 75.9 cm³/mol. The topological polar surface area (TPSA) is 75.6 Å². The van der Waals surface area contributed by atoms with Gasteiger partial charge in [-0.1, -0.05) is 24.9 Å². The maximum atomic E-state index is 12.2. The average Bonchev–Trinajstić information content (AvgIpc) is 2.37. The van der Waals surface area contributed by atoms with Gasteiger partial charge in [0.05, 0.1) is 12.7 Å². The highest BCUT2D eigenvalue weighted by atomic mass is 35.5. The molecule has 20 heavy (non-hydrogen) atoms. The quantitative estimate of drug-likeness (QED) is 0.819. The first kappa shape index (κ1) is 16.3. The lowest BCUT2D eigenvalue weighted by Gasteiger charge is -2.27. The van der Waals surface area contributed by atoms with Gasteiger partial charge >= 0.3 is 5.97 Å². The maximum absolute atomic E-state index is 12.2. The van der Waals surface area contributed by atoms with E-state index in [1.54, 1.807) is 6.92 Å². The van der Waals surface area contributed by atoms with Crippen molar-refractivity contribution in [3.63, 3.8) is 0 Å². The SMILES string of the molecule is CCCC(C)(NC(=O)c1ccc(Cl)cc1O)C(=O)OC. The minimum atomic E-state index is -1.13. The van der Waals surface area contributed by atoms with Gasteiger partial charge in [0.15, 0.2) is 0 Å². The number of nitrogens with one attached hydrogen (secondary N) is 1. The Kier molecular flexibility index (Phi) is 5.39. The lowest BCUT2D eigenvalue weighted by molar-refractivity contribution is -0.147. The fourth-order valence-electron chi connectivity index (χ4n) is 1.96. The van der Waals surface area contributed by atoms with E-state index in [0.717, 1.165) is 0 Å². The third-order valence-electron chi connectivity index (χ3n) is 2.98. The minimum Gasteiger partial charge on any atom is -0.507 e. The van der Waals surface area contributed by atoms with Crippen LogP contribution in [0.5, 0.6) is 5.75 Å². The fraction of sp³-hybridized carbons (Fsp3) is 0.429. The Morgan fingerprint density at radius 2 is 2.10 bits per heavy atom. The lowest BCUT2D eigenvalue weighted by atomic mass is 9.95. The third kappa shape index (κ3) is 3.63. The first-order valence-electron chi connectivity index (χ1n) is 6.23. The smallest absolute Gasteiger partial charge is 0.331 e. The monoisotopic (exact) mass is 299 g/mol. The van der Waals surface area contributed by atoms with Crippen molar-refractivity contribution in [1.29, 1.82) is 0 Å². The molecule has 1 atom stereocenters. The van der Waals surface area contributed by atoms with Gasteiger partial charge in [-0.2, -0.15) is 0 Å². The van der Waals surface area contributed by atoms with Crippen molar-refractivity contribution in [2.24, 2.45) is 0 Å². The van der Waals surface area contributed by atoms with Crippen molar-refractivity contribution in [3.05, 3.63) is 28.8 Å². The number of benzene rings is 1. The van der Waals surface area contributed by atoms with Crippen LogP contribution in [0.1, 0.15) is 37.0 Å². The van der Waals surface area contributed by atoms with Crippen LogP contribution in [0.15, 0.2) is 18.2 Å². The molecule has 1 amide bonds. The van der Waals surface area contributed by atoms with Gasteiger partial charge < -0.3 is 15.2 Å². The van der Waals surface area contributed by atoms with E-state index in [1.807, 2.05) is 6.92 Å². The first-order valence-corrected chi connectivity index (χ1v) is 6.61. The number of phenolic OH excluding ortho intramolecular Hbond substituents is 1. The minimum absolute atomic E-state index is 0.0561. The molecule has 5 nitrogen and oxygen atoms in total. The number of phenols is 1. The van der Waals surface area contributed by atoms with Crippen LogP contribution in [0, 0.1) is 0 Å². The Hall–Kier alpha value is -1.75. The van der Waals surface area contributed by atoms with E-state index in [9.17, 15) is 14.7 Å². The largest absolute Gasteiger partial charge is 0.507 e. The number of carbonyl (C=O) groups is 2. The second kappa shape index (κ2) is 6.61. The summed E-state index contributed by atoms with van der Waals surface area (Å²) in [6, 6.07) is 4.16. The van der Waals surface area contributed by atoms with Gasteiger partial charge in [-0.15, -0.1) is 0 Å². The van der Waals surface area contributed by atoms with Crippen LogP contribution in [0.4, 0.5) is 0 Å². The molecule has 1 rings (SSSR count). The molecule has 0 aromatic heterocycles. The summed E-state index contributed by atoms with van der Waals surface area (Å²) in [7, 11) is 1.27. The van der Waals surface area contributed by atoms with Crippen LogP contribution in [0.25, 0.3) is 0 Å². The predicted octanol–water partition coefficient (Wildman–Crippen LogP) is 2.51. The van der Waals surface area contributed by atoms with Crippen LogP contribution >= 0.6 is 11.6 Å². The van der Waals surface area contributed by atoms with Crippen molar-refractivity contribution in [2.75, 3.05) is 7.11 Å². The molecular weight excluding hydrogens is 282 g/mol. The van der Waals surface area contributed by atoms with E-state index < -0.39 is 17.4 Å². The molecule has 0 bridgehead atoms. The van der Waals surface area contributed by atoms with Crippen molar-refractivity contribution < 1.29 is 19.4 Å². The molecule has 0 aliphatic rings. The van der Waals surface area contributed by atoms with Crippen LogP contribution in [0.2, 0.25) is 5.02 Å². The number of hydrogen-bond donors (Lipinski definition) is 2. The first-order chi connectivity index (χ1) is 9.34. The Morgan fingerprint density at radius 1 is 1.45 bits per heavy atom. The van der Waals surface area contributed by atoms with Gasteiger partial charge in [-0.25, -0.2) is 4.79 Å². The van der Waals surface area contributed by atoms with Crippen molar-refractivity contribution in [2.45, 2.75) is 32.2 Å². The normalized spacial score (nSPS) is 13.4. The van der Waals surface area contributed by atoms with E-state index in [4.69, 9.17) is 16.3 Å². The number of methoxy groups -OCH3 is 1. The molecule has 2 N–H and O–H groups in total. The van der Waals surface area contributed by atoms with E-state index in [2.05, 4.69) is 5.32 Å². The Balaban J connectivity index is 2.99. The van der Waals surface area contributed by atoms with Gasteiger partial charge in [0.1, 0.15) is 11.3 Å². The number of hydrogen-bond acceptors (Lipinski definition) is 4. The van der Waals surface area contributed by atoms with Crippen molar-refractivity contribution in [1.82, 2.24) is 5.32 Å². The van der Waals surface area contributed by atoms with Crippen LogP contribution in [-0.2, 0) is 9.53 Å². The molecule has 0 aliphatic heterocycles. The van der Waals surface area contributed by atoms with E-state index in [0.29, 0.717) is 17.9 Å². The zero-order chi connectivity index (χ0) is 15.3. The molecule has 0 fully saturated rings. The Bertz CT molecular complexity index is 518. The molecular formula is C14H18ClNO4. The highest BCUT2D eigenvalue weighted by Gasteiger charge is 2.35. The summed E-state index contributed by atoms with van der Waals surface area (Å²) in [4.78, 5) is 24.0. The molecule has 0 heterocycles. The van der Waals surface area contributed by atoms with Crippen LogP contribution in [0.3, 0.4) is 0 Å². The molecule has 1 aromatic rings. The highest BCUT2D eigenvalue weighted by molar-refractivity contribution is 6.30. The number of aromatic hydroxyl groups is 1. The van der Waals surface area contributed by atoms with E-state index in [-0.39, 0.29) is 11.3 Å². The number of carbonyl (C=O) groups excluding carboxylic acids is 2. The molecule has 1 unspecified atom stereocenters. The summed E-state index contributed by atoms with van der Waals surface area (Å²) in [6.45, 7) is 3.49. The summed E-state index contributed by atoms with van der Waals surface area (Å²) >= 11 is 5.71. The zero-order valence-electron chi connectivity index (χ0n) is 11.7. The summed E-state index contributed by atoms with van der Waals surface area (Å²) in [5.74, 6) is -1.32. The summed E-state index contributed by atoms with van der Waals surface area (Å²) < 4.78 is 4.72. The molecule has 1 aromatic carbocycles. The van der Waals surface area contributed by atoms with Gasteiger partial charge in [-0.3, -0.25) is 4.79 Å². The van der Waals surface area contributed by atoms with Gasteiger partial charge in [0.25, 0.3) is 5.91 Å². The Labute approximate surface area is 122 Å². The Morgan fingerprint density at radius 3 is 2.60 bits per heavy atom. The lowest BCUT2D eigenvalue weighted by Crippen LogP contribution is -2.52. The number of ether oxygens (including phenoxy) is 1. The van der Waals surface area contributed by atoms with E-state index >= 15 is 0 Å². The second-order valence-electron chi connectivity index (χ2n) is 4.69. The summed E-state index contributed by atoms with van der Waals surface area (Å²) in [6.07, 6.45) is 1.12. The molecule has 0 spiro atoms. The maximum Gasteiger partial charge on any atom is 0.331 e. The highest BCUT2D eigenvalue weighted by Crippen LogP contribution is 2.23. The summed E-state index contributed by atoms with van der Waals surface area (Å²) in [5.41, 5.74) is -1.08. The molecule has 0 saturated carbocycles.